The highest BCUT2D eigenvalue weighted by molar-refractivity contribution is 6.92. The maximum atomic E-state index is 2.16. The summed E-state index contributed by atoms with van der Waals surface area (Å²) >= 11 is 0. The van der Waals surface area contributed by atoms with Crippen molar-refractivity contribution in [1.82, 2.24) is 0 Å². The average Bonchev–Trinajstić information content (AvgIpc) is 2.71. The summed E-state index contributed by atoms with van der Waals surface area (Å²) in [4.78, 5) is 0. The SMILES string of the molecule is CCc1ccccc1.CCc1ccccc1.CCc1ccccc1.[P-3].[PH-2].[PH2-]. The molecular formula is C24H33P3-6. The third-order valence-electron chi connectivity index (χ3n) is 3.75. The van der Waals surface area contributed by atoms with Crippen molar-refractivity contribution in [3.8, 4) is 0 Å². The van der Waals surface area contributed by atoms with Crippen LogP contribution in [0.15, 0.2) is 91.0 Å². The summed E-state index contributed by atoms with van der Waals surface area (Å²) in [7, 11) is 0. The molecule has 3 rings (SSSR count). The minimum atomic E-state index is 0. The molecule has 0 unspecified atom stereocenters. The standard InChI is InChI=1S/3C8H10.H2P.HP.P/c3*1-2-8-6-4-3-5-7-8;;;/h3*3-7H,2H2,1H3;1H2;1H;/q;;;-1;-2;-3. The molecule has 0 spiro atoms. The van der Waals surface area contributed by atoms with E-state index in [9.17, 15) is 0 Å². The molecule has 0 aromatic heterocycles. The van der Waals surface area contributed by atoms with Crippen LogP contribution in [0.2, 0.25) is 0 Å². The van der Waals surface area contributed by atoms with Crippen molar-refractivity contribution < 1.29 is 0 Å². The first-order valence-electron chi connectivity index (χ1n) is 8.91. The van der Waals surface area contributed by atoms with E-state index in [1.165, 1.54) is 16.7 Å². The zero-order valence-electron chi connectivity index (χ0n) is 16.8. The minimum Gasteiger partial charge on any atom is -3.00 e. The number of benzene rings is 3. The fourth-order valence-electron chi connectivity index (χ4n) is 2.14. The van der Waals surface area contributed by atoms with Crippen molar-refractivity contribution in [1.29, 1.82) is 0 Å². The van der Waals surface area contributed by atoms with Crippen molar-refractivity contribution in [3.05, 3.63) is 108 Å². The summed E-state index contributed by atoms with van der Waals surface area (Å²) < 4.78 is 0. The Hall–Kier alpha value is -1.05. The molecule has 0 heterocycles. The van der Waals surface area contributed by atoms with Gasteiger partial charge in [-0.3, -0.25) is 0 Å². The second-order valence-electron chi connectivity index (χ2n) is 5.52. The van der Waals surface area contributed by atoms with Crippen LogP contribution in [0.4, 0.5) is 0 Å². The van der Waals surface area contributed by atoms with Gasteiger partial charge in [0.15, 0.2) is 0 Å². The Bertz CT molecular complexity index is 532. The van der Waals surface area contributed by atoms with Gasteiger partial charge in [0, 0.05) is 0 Å². The largest absolute Gasteiger partial charge is 3.00 e. The summed E-state index contributed by atoms with van der Waals surface area (Å²) in [5.74, 6) is 0. The van der Waals surface area contributed by atoms with E-state index >= 15 is 0 Å². The van der Waals surface area contributed by atoms with Crippen molar-refractivity contribution >= 4 is 29.7 Å². The molecule has 0 nitrogen and oxygen atoms in total. The lowest BCUT2D eigenvalue weighted by Crippen LogP contribution is -1.73. The first-order chi connectivity index (χ1) is 11.8. The molecule has 150 valence electrons. The molecule has 3 aromatic carbocycles. The molecule has 0 aliphatic carbocycles. The fourth-order valence-corrected chi connectivity index (χ4v) is 2.14. The molecule has 3 aromatic rings. The van der Waals surface area contributed by atoms with Gasteiger partial charge in [0.25, 0.3) is 0 Å². The van der Waals surface area contributed by atoms with E-state index in [4.69, 9.17) is 0 Å². The number of hydrogen-bond acceptors (Lipinski definition) is 0. The summed E-state index contributed by atoms with van der Waals surface area (Å²) in [6, 6.07) is 31.4. The number of hydrogen-bond donors (Lipinski definition) is 0. The van der Waals surface area contributed by atoms with Gasteiger partial charge >= 0.3 is 0 Å². The average molecular weight is 414 g/mol. The molecule has 0 atom stereocenters. The highest BCUT2D eigenvalue weighted by Gasteiger charge is 1.81. The predicted octanol–water partition coefficient (Wildman–Crippen LogP) is 8.53. The molecule has 0 fully saturated rings. The molecule has 0 saturated carbocycles. The van der Waals surface area contributed by atoms with E-state index in [1.54, 1.807) is 0 Å². The van der Waals surface area contributed by atoms with E-state index in [1.807, 2.05) is 18.2 Å². The van der Waals surface area contributed by atoms with Crippen LogP contribution in [0, 0.1) is 0 Å². The van der Waals surface area contributed by atoms with Crippen LogP contribution in [0.3, 0.4) is 0 Å². The van der Waals surface area contributed by atoms with Gasteiger partial charge in [0.1, 0.15) is 0 Å². The van der Waals surface area contributed by atoms with Crippen LogP contribution < -0.4 is 0 Å². The van der Waals surface area contributed by atoms with Crippen molar-refractivity contribution in [2.75, 3.05) is 0 Å². The van der Waals surface area contributed by atoms with Crippen LogP contribution in [0.1, 0.15) is 37.5 Å². The molecule has 0 saturated heterocycles. The number of rotatable bonds is 3. The topological polar surface area (TPSA) is 0 Å². The third kappa shape index (κ3) is 15.7. The van der Waals surface area contributed by atoms with Crippen molar-refractivity contribution in [3.63, 3.8) is 0 Å². The van der Waals surface area contributed by atoms with Crippen LogP contribution in [0.5, 0.6) is 0 Å². The molecule has 0 N–H and O–H groups in total. The predicted molar refractivity (Wildman–Crippen MR) is 132 cm³/mol. The molecule has 27 heavy (non-hydrogen) atoms. The Morgan fingerprint density at radius 1 is 0.444 bits per heavy atom. The lowest BCUT2D eigenvalue weighted by atomic mass is 10.2. The Balaban J connectivity index is -0.000000303. The minimum absolute atomic E-state index is 0. The van der Waals surface area contributed by atoms with Crippen LogP contribution in [-0.2, 0) is 19.3 Å². The van der Waals surface area contributed by atoms with Gasteiger partial charge in [-0.15, -0.1) is 0 Å². The third-order valence-corrected chi connectivity index (χ3v) is 3.75. The van der Waals surface area contributed by atoms with E-state index in [2.05, 4.69) is 93.6 Å². The Labute approximate surface area is 177 Å². The maximum Gasteiger partial charge on any atom is -0.0307 e. The first kappa shape index (κ1) is 30.7. The molecule has 0 amide bonds. The van der Waals surface area contributed by atoms with Crippen LogP contribution in [0.25, 0.3) is 0 Å². The summed E-state index contributed by atoms with van der Waals surface area (Å²) in [5.41, 5.74) is 4.23. The van der Waals surface area contributed by atoms with Crippen LogP contribution >= 0.6 is 29.7 Å². The highest BCUT2D eigenvalue weighted by atomic mass is 31.0. The summed E-state index contributed by atoms with van der Waals surface area (Å²) in [6.45, 7) is 6.49. The van der Waals surface area contributed by atoms with Gasteiger partial charge in [0.2, 0.25) is 0 Å². The van der Waals surface area contributed by atoms with Gasteiger partial charge in [-0.05, 0) is 36.0 Å². The van der Waals surface area contributed by atoms with Gasteiger partial charge < -0.3 is 29.7 Å². The molecule has 0 aliphatic rings. The Kier molecular flexibility index (Phi) is 24.1. The highest BCUT2D eigenvalue weighted by Crippen LogP contribution is 1.98. The molecule has 3 heteroatoms. The Morgan fingerprint density at radius 3 is 0.741 bits per heavy atom. The van der Waals surface area contributed by atoms with Gasteiger partial charge in [-0.25, -0.2) is 0 Å². The second-order valence-corrected chi connectivity index (χ2v) is 5.52. The first-order valence-corrected chi connectivity index (χ1v) is 8.91. The van der Waals surface area contributed by atoms with Crippen LogP contribution in [-0.4, -0.2) is 0 Å². The van der Waals surface area contributed by atoms with Gasteiger partial charge in [0.05, 0.1) is 0 Å². The smallest absolute Gasteiger partial charge is 0.0307 e. The molecule has 0 aliphatic heterocycles. The zero-order valence-corrected chi connectivity index (χ0v) is 19.9. The van der Waals surface area contributed by atoms with E-state index in [0.29, 0.717) is 0 Å². The summed E-state index contributed by atoms with van der Waals surface area (Å²) in [5, 5.41) is 0. The lowest BCUT2D eigenvalue weighted by molar-refractivity contribution is 1.14. The molecule has 0 radical (unpaired) electrons. The van der Waals surface area contributed by atoms with Gasteiger partial charge in [-0.1, -0.05) is 112 Å². The van der Waals surface area contributed by atoms with Crippen molar-refractivity contribution in [2.45, 2.75) is 40.0 Å². The normalized spacial score (nSPS) is 8.11. The zero-order chi connectivity index (χ0) is 17.5. The van der Waals surface area contributed by atoms with E-state index < -0.39 is 0 Å². The maximum absolute atomic E-state index is 2.16. The number of aryl methyl sites for hydroxylation is 3. The molecular weight excluding hydrogens is 381 g/mol. The quantitative estimate of drug-likeness (QED) is 0.377. The Morgan fingerprint density at radius 2 is 0.630 bits per heavy atom. The van der Waals surface area contributed by atoms with E-state index in [0.717, 1.165) is 19.3 Å². The van der Waals surface area contributed by atoms with E-state index in [-0.39, 0.29) is 29.7 Å². The van der Waals surface area contributed by atoms with Gasteiger partial charge in [-0.2, -0.15) is 0 Å². The molecule has 0 bridgehead atoms. The summed E-state index contributed by atoms with van der Waals surface area (Å²) in [6.07, 6.45) is 3.42. The lowest BCUT2D eigenvalue weighted by Gasteiger charge is -3.00. The second kappa shape index (κ2) is 21.3. The fraction of sp³-hybridized carbons (Fsp3) is 0.250. The monoisotopic (exact) mass is 414 g/mol. The van der Waals surface area contributed by atoms with Crippen molar-refractivity contribution in [2.24, 2.45) is 0 Å².